The van der Waals surface area contributed by atoms with Gasteiger partial charge in [0, 0.05) is 12.2 Å². The van der Waals surface area contributed by atoms with Gasteiger partial charge in [0.2, 0.25) is 15.9 Å². The number of nitrogens with two attached hydrogens (primary N) is 1. The first-order valence-electron chi connectivity index (χ1n) is 8.85. The number of amides is 1. The van der Waals surface area contributed by atoms with Gasteiger partial charge in [0.1, 0.15) is 0 Å². The number of imidazole rings is 1. The topological polar surface area (TPSA) is 107 Å². The number of nitrogens with zero attached hydrogens (tertiary/aromatic N) is 2. The highest BCUT2D eigenvalue weighted by Gasteiger charge is 2.20. The van der Waals surface area contributed by atoms with E-state index >= 15 is 0 Å². The van der Waals surface area contributed by atoms with E-state index in [1.807, 2.05) is 48.7 Å². The molecule has 0 radical (unpaired) electrons. The van der Waals surface area contributed by atoms with Crippen molar-refractivity contribution >= 4 is 44.4 Å². The minimum atomic E-state index is -3.80. The number of sulfonamides is 1. The maximum atomic E-state index is 12.5. The molecule has 28 heavy (non-hydrogen) atoms. The fourth-order valence-electron chi connectivity index (χ4n) is 2.77. The average Bonchev–Trinajstić information content (AvgIpc) is 2.98. The molecule has 0 saturated heterocycles. The predicted octanol–water partition coefficient (Wildman–Crippen LogP) is 3.21. The summed E-state index contributed by atoms with van der Waals surface area (Å²) < 4.78 is 25.2. The first-order chi connectivity index (χ1) is 13.3. The van der Waals surface area contributed by atoms with Gasteiger partial charge in [0.05, 0.1) is 21.2 Å². The summed E-state index contributed by atoms with van der Waals surface area (Å²) in [4.78, 5) is 17.1. The SMILES string of the molecule is CCCn1c(SC(C)C(=O)Nc2ccccc2)nc2cc(S(N)(=O)=O)ccc21. The number of thioether (sulfide) groups is 1. The van der Waals surface area contributed by atoms with Crippen LogP contribution in [0.3, 0.4) is 0 Å². The lowest BCUT2D eigenvalue weighted by Crippen LogP contribution is -2.22. The van der Waals surface area contributed by atoms with Gasteiger partial charge in [-0.25, -0.2) is 18.5 Å². The Morgan fingerprint density at radius 2 is 1.96 bits per heavy atom. The van der Waals surface area contributed by atoms with E-state index in [1.165, 1.54) is 23.9 Å². The number of aryl methyl sites for hydroxylation is 1. The highest BCUT2D eigenvalue weighted by atomic mass is 32.2. The molecule has 3 aromatic rings. The molecule has 0 spiro atoms. The van der Waals surface area contributed by atoms with E-state index < -0.39 is 10.0 Å². The van der Waals surface area contributed by atoms with Crippen molar-refractivity contribution in [2.24, 2.45) is 5.14 Å². The van der Waals surface area contributed by atoms with Crippen LogP contribution in [-0.2, 0) is 21.4 Å². The van der Waals surface area contributed by atoms with Crippen molar-refractivity contribution in [1.82, 2.24) is 9.55 Å². The standard InChI is InChI=1S/C19H22N4O3S2/c1-3-11-23-17-10-9-15(28(20,25)26)12-16(17)22-19(23)27-13(2)18(24)21-14-7-5-4-6-8-14/h4-10,12-13H,3,11H2,1-2H3,(H,21,24)(H2,20,25,26). The smallest absolute Gasteiger partial charge is 0.238 e. The van der Waals surface area contributed by atoms with E-state index in [0.29, 0.717) is 17.2 Å². The number of anilines is 1. The largest absolute Gasteiger partial charge is 0.325 e. The molecule has 1 unspecified atom stereocenters. The van der Waals surface area contributed by atoms with Gasteiger partial charge in [-0.1, -0.05) is 36.9 Å². The molecule has 0 fully saturated rings. The van der Waals surface area contributed by atoms with E-state index in [-0.39, 0.29) is 16.1 Å². The molecule has 148 valence electrons. The number of rotatable bonds is 7. The van der Waals surface area contributed by atoms with E-state index in [9.17, 15) is 13.2 Å². The van der Waals surface area contributed by atoms with E-state index in [1.54, 1.807) is 6.07 Å². The summed E-state index contributed by atoms with van der Waals surface area (Å²) in [6.07, 6.45) is 0.876. The molecule has 0 aliphatic rings. The van der Waals surface area contributed by atoms with Crippen LogP contribution in [0.5, 0.6) is 0 Å². The van der Waals surface area contributed by atoms with E-state index in [4.69, 9.17) is 5.14 Å². The third kappa shape index (κ3) is 4.54. The molecule has 1 heterocycles. The second-order valence-electron chi connectivity index (χ2n) is 6.36. The Hall–Kier alpha value is -2.36. The van der Waals surface area contributed by atoms with Crippen LogP contribution in [-0.4, -0.2) is 29.1 Å². The first-order valence-corrected chi connectivity index (χ1v) is 11.3. The maximum Gasteiger partial charge on any atom is 0.238 e. The van der Waals surface area contributed by atoms with Gasteiger partial charge in [0.15, 0.2) is 5.16 Å². The third-order valence-electron chi connectivity index (χ3n) is 4.15. The van der Waals surface area contributed by atoms with E-state index in [2.05, 4.69) is 10.3 Å². The molecule has 9 heteroatoms. The molecule has 2 aromatic carbocycles. The Morgan fingerprint density at radius 3 is 2.61 bits per heavy atom. The van der Waals surface area contributed by atoms with Crippen LogP contribution in [0.15, 0.2) is 58.6 Å². The summed E-state index contributed by atoms with van der Waals surface area (Å²) >= 11 is 1.34. The lowest BCUT2D eigenvalue weighted by atomic mass is 10.3. The monoisotopic (exact) mass is 418 g/mol. The molecule has 3 N–H and O–H groups in total. The molecule has 7 nitrogen and oxygen atoms in total. The normalized spacial score (nSPS) is 12.8. The number of fused-ring (bicyclic) bond motifs is 1. The summed E-state index contributed by atoms with van der Waals surface area (Å²) in [5, 5.41) is 8.39. The highest BCUT2D eigenvalue weighted by molar-refractivity contribution is 8.00. The number of para-hydroxylation sites is 1. The van der Waals surface area contributed by atoms with Gasteiger partial charge < -0.3 is 9.88 Å². The molecule has 0 saturated carbocycles. The zero-order chi connectivity index (χ0) is 20.3. The van der Waals surface area contributed by atoms with Crippen molar-refractivity contribution in [2.75, 3.05) is 5.32 Å². The Balaban J connectivity index is 1.88. The number of aromatic nitrogens is 2. The fourth-order valence-corrected chi connectivity index (χ4v) is 4.25. The van der Waals surface area contributed by atoms with Crippen LogP contribution in [0.25, 0.3) is 11.0 Å². The molecule has 1 aromatic heterocycles. The van der Waals surface area contributed by atoms with Crippen molar-refractivity contribution in [3.8, 4) is 0 Å². The number of hydrogen-bond acceptors (Lipinski definition) is 5. The number of carbonyl (C=O) groups is 1. The van der Waals surface area contributed by atoms with Crippen LogP contribution in [0.4, 0.5) is 5.69 Å². The molecule has 0 aliphatic carbocycles. The molecular formula is C19H22N4O3S2. The average molecular weight is 419 g/mol. The zero-order valence-corrected chi connectivity index (χ0v) is 17.3. The van der Waals surface area contributed by atoms with Gasteiger partial charge in [-0.3, -0.25) is 4.79 Å². The number of nitrogens with one attached hydrogen (secondary N) is 1. The van der Waals surface area contributed by atoms with Gasteiger partial charge in [-0.15, -0.1) is 0 Å². The fraction of sp³-hybridized carbons (Fsp3) is 0.263. The molecule has 3 rings (SSSR count). The van der Waals surface area contributed by atoms with Gasteiger partial charge in [0.25, 0.3) is 0 Å². The highest BCUT2D eigenvalue weighted by Crippen LogP contribution is 2.29. The summed E-state index contributed by atoms with van der Waals surface area (Å²) in [6.45, 7) is 4.57. The molecule has 1 amide bonds. The summed E-state index contributed by atoms with van der Waals surface area (Å²) in [7, 11) is -3.80. The van der Waals surface area contributed by atoms with Gasteiger partial charge in [-0.05, 0) is 43.7 Å². The van der Waals surface area contributed by atoms with Crippen LogP contribution in [0, 0.1) is 0 Å². The summed E-state index contributed by atoms with van der Waals surface area (Å²) in [6, 6.07) is 13.9. The molecular weight excluding hydrogens is 396 g/mol. The Bertz CT molecular complexity index is 1100. The van der Waals surface area contributed by atoms with Gasteiger partial charge >= 0.3 is 0 Å². The summed E-state index contributed by atoms with van der Waals surface area (Å²) in [5.41, 5.74) is 2.09. The number of primary sulfonamides is 1. The van der Waals surface area contributed by atoms with Gasteiger partial charge in [-0.2, -0.15) is 0 Å². The van der Waals surface area contributed by atoms with Crippen LogP contribution in [0.2, 0.25) is 0 Å². The number of hydrogen-bond donors (Lipinski definition) is 2. The zero-order valence-electron chi connectivity index (χ0n) is 15.6. The van der Waals surface area contributed by atoms with E-state index in [0.717, 1.165) is 17.6 Å². The number of benzene rings is 2. The first kappa shape index (κ1) is 20.4. The lowest BCUT2D eigenvalue weighted by molar-refractivity contribution is -0.115. The second-order valence-corrected chi connectivity index (χ2v) is 9.23. The minimum Gasteiger partial charge on any atom is -0.325 e. The summed E-state index contributed by atoms with van der Waals surface area (Å²) in [5.74, 6) is -0.128. The molecule has 0 aliphatic heterocycles. The van der Waals surface area contributed by atoms with Crippen LogP contribution >= 0.6 is 11.8 Å². The minimum absolute atomic E-state index is 0.0209. The van der Waals surface area contributed by atoms with Crippen LogP contribution < -0.4 is 10.5 Å². The van der Waals surface area contributed by atoms with Crippen molar-refractivity contribution < 1.29 is 13.2 Å². The predicted molar refractivity (Wildman–Crippen MR) is 112 cm³/mol. The Labute approximate surface area is 168 Å². The Kier molecular flexibility index (Phi) is 6.07. The quantitative estimate of drug-likeness (QED) is 0.573. The maximum absolute atomic E-state index is 12.5. The third-order valence-corrected chi connectivity index (χ3v) is 6.15. The molecule has 0 bridgehead atoms. The van der Waals surface area contributed by atoms with Crippen molar-refractivity contribution in [3.63, 3.8) is 0 Å². The molecule has 1 atom stereocenters. The van der Waals surface area contributed by atoms with Crippen molar-refractivity contribution in [3.05, 3.63) is 48.5 Å². The van der Waals surface area contributed by atoms with Crippen molar-refractivity contribution in [2.45, 2.75) is 42.1 Å². The number of carbonyl (C=O) groups excluding carboxylic acids is 1. The lowest BCUT2D eigenvalue weighted by Gasteiger charge is -2.13. The van der Waals surface area contributed by atoms with Crippen molar-refractivity contribution in [1.29, 1.82) is 0 Å². The van der Waals surface area contributed by atoms with Crippen LogP contribution in [0.1, 0.15) is 20.3 Å². The second kappa shape index (κ2) is 8.34. The Morgan fingerprint density at radius 1 is 1.25 bits per heavy atom.